The first-order valence-electron chi connectivity index (χ1n) is 51.1. The Bertz CT molecular complexity index is 9320. The Morgan fingerprint density at radius 2 is 0.327 bits per heavy atom. The Balaban J connectivity index is 0.571. The maximum absolute atomic E-state index is 2.57. The zero-order valence-corrected chi connectivity index (χ0v) is 80.3. The highest BCUT2D eigenvalue weighted by Crippen LogP contribution is 2.54. The summed E-state index contributed by atoms with van der Waals surface area (Å²) in [6, 6.07) is 203. The number of hydrogen-bond acceptors (Lipinski definition) is 6. The third kappa shape index (κ3) is 13.3. The molecule has 6 aliphatic rings. The minimum atomic E-state index is -0.185. The van der Waals surface area contributed by atoms with Crippen LogP contribution >= 0.6 is 0 Å². The zero-order valence-electron chi connectivity index (χ0n) is 80.3. The van der Waals surface area contributed by atoms with Crippen LogP contribution in [-0.2, 0) is 0 Å². The van der Waals surface area contributed by atoms with Crippen LogP contribution in [0.4, 0.5) is 102 Å². The van der Waals surface area contributed by atoms with E-state index < -0.39 is 0 Å². The molecule has 0 saturated carbocycles. The average molecular weight is 1860 g/mol. The lowest BCUT2D eigenvalue weighted by Gasteiger charge is -2.44. The number of nitrogens with zero attached hydrogens (tertiary/aromatic N) is 6. The van der Waals surface area contributed by atoms with Gasteiger partial charge in [0.25, 0.3) is 20.1 Å². The summed E-state index contributed by atoms with van der Waals surface area (Å²) in [4.78, 5) is 15.2. The second-order valence-corrected chi connectivity index (χ2v) is 39.6. The van der Waals surface area contributed by atoms with Crippen molar-refractivity contribution < 1.29 is 0 Å². The molecule has 9 heteroatoms. The lowest BCUT2D eigenvalue weighted by Crippen LogP contribution is -2.61. The summed E-state index contributed by atoms with van der Waals surface area (Å²) in [5.41, 5.74) is 50.0. The molecule has 0 spiro atoms. The van der Waals surface area contributed by atoms with Crippen LogP contribution in [-0.4, -0.2) is 20.1 Å². The van der Waals surface area contributed by atoms with Gasteiger partial charge in [0, 0.05) is 102 Å². The molecule has 680 valence electrons. The molecule has 6 nitrogen and oxygen atoms in total. The van der Waals surface area contributed by atoms with Gasteiger partial charge in [0.15, 0.2) is 0 Å². The third-order valence-electron chi connectivity index (χ3n) is 31.7. The quantitative estimate of drug-likeness (QED) is 0.0793. The van der Waals surface area contributed by atoms with Crippen LogP contribution in [0.25, 0.3) is 121 Å². The number of hydrogen-bond donors (Lipinski definition) is 0. The van der Waals surface area contributed by atoms with E-state index in [1.807, 2.05) is 0 Å². The molecule has 0 N–H and O–H groups in total. The Labute approximate surface area is 856 Å². The van der Waals surface area contributed by atoms with Crippen LogP contribution in [0.5, 0.6) is 0 Å². The van der Waals surface area contributed by atoms with E-state index in [1.165, 1.54) is 104 Å². The third-order valence-corrected chi connectivity index (χ3v) is 31.7. The summed E-state index contributed by atoms with van der Waals surface area (Å²) in [6.07, 6.45) is 0. The first kappa shape index (κ1) is 83.8. The molecule has 0 amide bonds. The topological polar surface area (TPSA) is 19.4 Å². The van der Waals surface area contributed by atoms with Gasteiger partial charge < -0.3 is 29.4 Å². The van der Waals surface area contributed by atoms with E-state index in [0.717, 1.165) is 169 Å². The SMILES string of the molecule is c1ccc(-c2cc(-c3cc4c5c(c3)N(c3ccccc3)c3ccc(-c6ccccc6-c6cccc(-c7cc8c9c(c7)N(c7ccccc7)c7ccccc7B9c7ccccc7N8c7ccccc7)c6)cc3B5c3ccccc3N4c3ccccc3)cc(-c3ccccc3-c3ccc4c(c3)B3c5ccccc5N(c5ccccc5)c5cc(-c6ccc7c8ccccc8c8ccccc8c7c6)cc(c53)N4c3ccccc3)c2)cc1. The van der Waals surface area contributed by atoms with Gasteiger partial charge in [-0.1, -0.05) is 364 Å². The van der Waals surface area contributed by atoms with E-state index >= 15 is 0 Å². The normalized spacial score (nSPS) is 13.0. The number of benzene rings is 24. The lowest BCUT2D eigenvalue weighted by atomic mass is 9.33. The van der Waals surface area contributed by atoms with Crippen molar-refractivity contribution in [1.29, 1.82) is 0 Å². The Morgan fingerprint density at radius 1 is 0.109 bits per heavy atom. The monoisotopic (exact) mass is 1860 g/mol. The molecule has 0 saturated heterocycles. The molecule has 0 atom stereocenters. The zero-order chi connectivity index (χ0) is 96.4. The van der Waals surface area contributed by atoms with Crippen molar-refractivity contribution in [1.82, 2.24) is 0 Å². The fourth-order valence-corrected chi connectivity index (χ4v) is 25.4. The molecule has 24 aromatic carbocycles. The minimum absolute atomic E-state index is 0.00516. The van der Waals surface area contributed by atoms with Gasteiger partial charge in [0.05, 0.1) is 0 Å². The first-order valence-corrected chi connectivity index (χ1v) is 51.1. The molecular formula is C138H89B3N6. The van der Waals surface area contributed by atoms with Crippen molar-refractivity contribution in [3.05, 3.63) is 540 Å². The van der Waals surface area contributed by atoms with E-state index in [2.05, 4.69) is 569 Å². The highest BCUT2D eigenvalue weighted by atomic mass is 15.2. The number of rotatable bonds is 14. The average Bonchev–Trinajstić information content (AvgIpc) is 0.713. The summed E-state index contributed by atoms with van der Waals surface area (Å²) < 4.78 is 0. The van der Waals surface area contributed by atoms with Crippen LogP contribution in [0.15, 0.2) is 540 Å². The van der Waals surface area contributed by atoms with Crippen LogP contribution < -0.4 is 78.6 Å². The molecule has 0 bridgehead atoms. The number of para-hydroxylation sites is 10. The van der Waals surface area contributed by atoms with Gasteiger partial charge in [-0.05, 0) is 346 Å². The molecule has 30 rings (SSSR count). The Morgan fingerprint density at radius 3 is 0.680 bits per heavy atom. The van der Waals surface area contributed by atoms with Crippen molar-refractivity contribution in [3.63, 3.8) is 0 Å². The summed E-state index contributed by atoms with van der Waals surface area (Å²) in [7, 11) is 0. The smallest absolute Gasteiger partial charge is 0.252 e. The van der Waals surface area contributed by atoms with Gasteiger partial charge in [0.2, 0.25) is 0 Å². The Kier molecular flexibility index (Phi) is 19.3. The molecule has 0 aliphatic carbocycles. The van der Waals surface area contributed by atoms with E-state index in [9.17, 15) is 0 Å². The number of anilines is 18. The van der Waals surface area contributed by atoms with Gasteiger partial charge in [0.1, 0.15) is 0 Å². The fraction of sp³-hybridized carbons (Fsp3) is 0. The summed E-state index contributed by atoms with van der Waals surface area (Å²) in [5, 5.41) is 7.54. The van der Waals surface area contributed by atoms with Crippen molar-refractivity contribution >= 4 is 204 Å². The van der Waals surface area contributed by atoms with Crippen molar-refractivity contribution in [3.8, 4) is 89.0 Å². The van der Waals surface area contributed by atoms with E-state index in [4.69, 9.17) is 0 Å². The predicted molar refractivity (Wildman–Crippen MR) is 625 cm³/mol. The fourth-order valence-electron chi connectivity index (χ4n) is 25.4. The molecule has 6 aliphatic heterocycles. The summed E-state index contributed by atoms with van der Waals surface area (Å²) >= 11 is 0. The van der Waals surface area contributed by atoms with E-state index in [1.54, 1.807) is 0 Å². The van der Waals surface area contributed by atoms with Crippen LogP contribution in [0.3, 0.4) is 0 Å². The van der Waals surface area contributed by atoms with E-state index in [-0.39, 0.29) is 20.1 Å². The molecular weight excluding hydrogens is 1770 g/mol. The predicted octanol–water partition coefficient (Wildman–Crippen LogP) is 30.7. The molecule has 0 aromatic heterocycles. The lowest BCUT2D eigenvalue weighted by molar-refractivity contribution is 1.25. The van der Waals surface area contributed by atoms with Crippen LogP contribution in [0.2, 0.25) is 0 Å². The van der Waals surface area contributed by atoms with Gasteiger partial charge in [-0.2, -0.15) is 0 Å². The molecule has 6 heterocycles. The van der Waals surface area contributed by atoms with Gasteiger partial charge >= 0.3 is 0 Å². The van der Waals surface area contributed by atoms with Crippen LogP contribution in [0.1, 0.15) is 0 Å². The summed E-state index contributed by atoms with van der Waals surface area (Å²) in [5.74, 6) is 0. The highest BCUT2D eigenvalue weighted by molar-refractivity contribution is 7.02. The minimum Gasteiger partial charge on any atom is -0.311 e. The maximum Gasteiger partial charge on any atom is 0.252 e. The largest absolute Gasteiger partial charge is 0.311 e. The Hall–Kier alpha value is -18.9. The van der Waals surface area contributed by atoms with Gasteiger partial charge in [-0.25, -0.2) is 0 Å². The summed E-state index contributed by atoms with van der Waals surface area (Å²) in [6.45, 7) is -0.332. The molecule has 0 radical (unpaired) electrons. The van der Waals surface area contributed by atoms with E-state index in [0.29, 0.717) is 0 Å². The van der Waals surface area contributed by atoms with Crippen molar-refractivity contribution in [2.45, 2.75) is 0 Å². The van der Waals surface area contributed by atoms with Crippen molar-refractivity contribution in [2.75, 3.05) is 29.4 Å². The molecule has 0 fully saturated rings. The number of fused-ring (bicyclic) bond motifs is 18. The highest BCUT2D eigenvalue weighted by Gasteiger charge is 2.48. The molecule has 147 heavy (non-hydrogen) atoms. The van der Waals surface area contributed by atoms with Gasteiger partial charge in [-0.15, -0.1) is 0 Å². The standard InChI is InChI=1S/C138H89B3N6/c1-8-39-90(40-9-1)96-78-97(80-101(79-96)111-58-25-24-57-110(111)95-73-76-128-123(83-95)140-120-65-32-36-69-126(120)144(104-47-14-4-15-48-104)132-86-99(87-133(137(132)140)146(128)106-51-18-6-19-52-106)92-71-74-116-114-61-27-26-59-112(114)113-60-28-29-62-115(113)117(116)81-92)100-88-134-138-135(89-100)147(107-53-20-7-21-54-107)129-75-72-94(82-122(129)141(138)121-66-33-37-70-127(121)145(134)105-49-16-5-17-50-105)109-56-23-22-55-108(109)93-42-38-41-91(77-93)98-84-130-136-131(85-98)143(103-45-12-3-13-46-103)125-68-35-31-64-119(125)139(136)118-63-30-34-67-124(118)142(130)102-43-10-2-11-44-102/h1-89H. The van der Waals surface area contributed by atoms with Crippen molar-refractivity contribution in [2.24, 2.45) is 0 Å². The van der Waals surface area contributed by atoms with Gasteiger partial charge in [-0.3, -0.25) is 0 Å². The molecule has 24 aromatic rings. The maximum atomic E-state index is 2.57. The van der Waals surface area contributed by atoms with Crippen LogP contribution in [0, 0.1) is 0 Å². The first-order chi connectivity index (χ1) is 73.0. The second-order valence-electron chi connectivity index (χ2n) is 39.6. The molecule has 0 unspecified atom stereocenters. The second kappa shape index (κ2) is 33.9.